The van der Waals surface area contributed by atoms with Crippen LogP contribution in [0.1, 0.15) is 23.2 Å². The lowest BCUT2D eigenvalue weighted by Crippen LogP contribution is -2.41. The molecule has 0 spiro atoms. The molecule has 0 bridgehead atoms. The van der Waals surface area contributed by atoms with Crippen LogP contribution in [0.5, 0.6) is 11.5 Å². The molecule has 1 aromatic rings. The molecule has 0 unspecified atom stereocenters. The molecule has 2 fully saturated rings. The molecule has 2 aliphatic rings. The molecular formula is C17H23NO5. The van der Waals surface area contributed by atoms with Crippen molar-refractivity contribution in [1.29, 1.82) is 0 Å². The van der Waals surface area contributed by atoms with Gasteiger partial charge in [0.1, 0.15) is 11.5 Å². The van der Waals surface area contributed by atoms with Crippen LogP contribution in [0.2, 0.25) is 0 Å². The summed E-state index contributed by atoms with van der Waals surface area (Å²) in [6.45, 7) is 2.78. The minimum absolute atomic E-state index is 0.00825. The second kappa shape index (κ2) is 7.19. The summed E-state index contributed by atoms with van der Waals surface area (Å²) >= 11 is 0. The van der Waals surface area contributed by atoms with E-state index in [-0.39, 0.29) is 12.2 Å². The first kappa shape index (κ1) is 16.1. The topological polar surface area (TPSA) is 57.2 Å². The van der Waals surface area contributed by atoms with Crippen molar-refractivity contribution in [3.05, 3.63) is 23.8 Å². The van der Waals surface area contributed by atoms with Crippen molar-refractivity contribution in [2.75, 3.05) is 40.5 Å². The number of nitrogens with zero attached hydrogens (tertiary/aromatic N) is 1. The van der Waals surface area contributed by atoms with Gasteiger partial charge in [-0.15, -0.1) is 0 Å². The molecule has 6 heteroatoms. The van der Waals surface area contributed by atoms with Gasteiger partial charge >= 0.3 is 0 Å². The van der Waals surface area contributed by atoms with Gasteiger partial charge in [-0.05, 0) is 25.0 Å². The number of hydrogen-bond acceptors (Lipinski definition) is 5. The number of piperidine rings is 1. The number of methoxy groups -OCH3 is 2. The maximum atomic E-state index is 12.7. The highest BCUT2D eigenvalue weighted by atomic mass is 16.7. The maximum Gasteiger partial charge on any atom is 0.254 e. The summed E-state index contributed by atoms with van der Waals surface area (Å²) in [6.07, 6.45) is 1.71. The van der Waals surface area contributed by atoms with E-state index in [4.69, 9.17) is 18.9 Å². The Bertz CT molecular complexity index is 526. The highest BCUT2D eigenvalue weighted by molar-refractivity contribution is 5.95. The smallest absolute Gasteiger partial charge is 0.254 e. The fourth-order valence-electron chi connectivity index (χ4n) is 3.14. The van der Waals surface area contributed by atoms with Crippen LogP contribution < -0.4 is 9.47 Å². The lowest BCUT2D eigenvalue weighted by Gasteiger charge is -2.34. The van der Waals surface area contributed by atoms with Crippen molar-refractivity contribution in [3.63, 3.8) is 0 Å². The Morgan fingerprint density at radius 3 is 2.13 bits per heavy atom. The number of benzene rings is 1. The summed E-state index contributed by atoms with van der Waals surface area (Å²) in [6, 6.07) is 5.26. The molecule has 0 aromatic heterocycles. The normalized spacial score (nSPS) is 19.8. The Morgan fingerprint density at radius 1 is 1.04 bits per heavy atom. The minimum Gasteiger partial charge on any atom is -0.497 e. The number of ether oxygens (including phenoxy) is 4. The summed E-state index contributed by atoms with van der Waals surface area (Å²) in [5.41, 5.74) is 0.591. The van der Waals surface area contributed by atoms with Gasteiger partial charge in [0.05, 0.1) is 27.4 Å². The van der Waals surface area contributed by atoms with E-state index in [1.807, 2.05) is 4.90 Å². The van der Waals surface area contributed by atoms with Crippen molar-refractivity contribution < 1.29 is 23.7 Å². The van der Waals surface area contributed by atoms with E-state index in [1.54, 1.807) is 32.4 Å². The Morgan fingerprint density at radius 2 is 1.61 bits per heavy atom. The average molecular weight is 321 g/mol. The summed E-state index contributed by atoms with van der Waals surface area (Å²) < 4.78 is 21.6. The Balaban J connectivity index is 1.65. The van der Waals surface area contributed by atoms with Gasteiger partial charge in [0, 0.05) is 30.6 Å². The third-order valence-electron chi connectivity index (χ3n) is 4.46. The van der Waals surface area contributed by atoms with Gasteiger partial charge in [0.2, 0.25) is 0 Å². The van der Waals surface area contributed by atoms with E-state index in [0.29, 0.717) is 49.3 Å². The highest BCUT2D eigenvalue weighted by Crippen LogP contribution is 2.28. The van der Waals surface area contributed by atoms with Gasteiger partial charge in [0.15, 0.2) is 6.29 Å². The van der Waals surface area contributed by atoms with Crippen molar-refractivity contribution >= 4 is 5.91 Å². The van der Waals surface area contributed by atoms with Crippen LogP contribution in [0.25, 0.3) is 0 Å². The molecule has 0 aliphatic carbocycles. The molecule has 126 valence electrons. The molecule has 6 nitrogen and oxygen atoms in total. The first-order valence-corrected chi connectivity index (χ1v) is 7.97. The zero-order valence-electron chi connectivity index (χ0n) is 13.6. The van der Waals surface area contributed by atoms with Crippen molar-refractivity contribution in [2.24, 2.45) is 5.92 Å². The van der Waals surface area contributed by atoms with E-state index in [9.17, 15) is 4.79 Å². The Labute approximate surface area is 136 Å². The number of amides is 1. The number of carbonyl (C=O) groups excluding carboxylic acids is 1. The van der Waals surface area contributed by atoms with Crippen LogP contribution >= 0.6 is 0 Å². The largest absolute Gasteiger partial charge is 0.497 e. The van der Waals surface area contributed by atoms with Crippen molar-refractivity contribution in [2.45, 2.75) is 19.1 Å². The maximum absolute atomic E-state index is 12.7. The third kappa shape index (κ3) is 3.59. The van der Waals surface area contributed by atoms with E-state index < -0.39 is 0 Å². The predicted molar refractivity (Wildman–Crippen MR) is 83.9 cm³/mol. The fraction of sp³-hybridized carbons (Fsp3) is 0.588. The van der Waals surface area contributed by atoms with E-state index in [2.05, 4.69) is 0 Å². The monoisotopic (exact) mass is 321 g/mol. The second-order valence-corrected chi connectivity index (χ2v) is 5.84. The lowest BCUT2D eigenvalue weighted by atomic mass is 9.95. The quantitative estimate of drug-likeness (QED) is 0.848. The molecule has 23 heavy (non-hydrogen) atoms. The average Bonchev–Trinajstić information content (AvgIpc) is 3.15. The Kier molecular flexibility index (Phi) is 5.03. The van der Waals surface area contributed by atoms with E-state index in [1.165, 1.54) is 0 Å². The van der Waals surface area contributed by atoms with Gasteiger partial charge < -0.3 is 23.8 Å². The predicted octanol–water partition coefficient (Wildman–Crippen LogP) is 1.93. The summed E-state index contributed by atoms with van der Waals surface area (Å²) in [7, 11) is 3.16. The van der Waals surface area contributed by atoms with Gasteiger partial charge in [-0.2, -0.15) is 0 Å². The van der Waals surface area contributed by atoms with Crippen LogP contribution in [0, 0.1) is 5.92 Å². The highest BCUT2D eigenvalue weighted by Gasteiger charge is 2.32. The molecule has 0 N–H and O–H groups in total. The summed E-state index contributed by atoms with van der Waals surface area (Å²) in [4.78, 5) is 14.6. The van der Waals surface area contributed by atoms with Gasteiger partial charge in [-0.1, -0.05) is 0 Å². The zero-order chi connectivity index (χ0) is 16.2. The molecule has 1 aromatic carbocycles. The van der Waals surface area contributed by atoms with Crippen LogP contribution in [0.15, 0.2) is 18.2 Å². The molecule has 3 rings (SSSR count). The lowest BCUT2D eigenvalue weighted by molar-refractivity contribution is -0.0956. The Hall–Kier alpha value is -1.79. The minimum atomic E-state index is -0.0934. The molecule has 2 saturated heterocycles. The molecule has 2 heterocycles. The van der Waals surface area contributed by atoms with Crippen LogP contribution in [0.4, 0.5) is 0 Å². The second-order valence-electron chi connectivity index (χ2n) is 5.84. The number of carbonyl (C=O) groups is 1. The third-order valence-corrected chi connectivity index (χ3v) is 4.46. The number of rotatable bonds is 4. The van der Waals surface area contributed by atoms with Crippen LogP contribution in [0.3, 0.4) is 0 Å². The number of hydrogen-bond donors (Lipinski definition) is 0. The molecule has 0 saturated carbocycles. The van der Waals surface area contributed by atoms with Crippen molar-refractivity contribution in [3.8, 4) is 11.5 Å². The van der Waals surface area contributed by atoms with Crippen LogP contribution in [-0.4, -0.2) is 57.6 Å². The standard InChI is InChI=1S/C17H23NO5/c1-20-14-9-13(10-15(11-14)21-2)16(19)18-5-3-12(4-6-18)17-22-7-8-23-17/h9-12,17H,3-8H2,1-2H3. The first-order chi connectivity index (χ1) is 11.2. The van der Waals surface area contributed by atoms with Crippen LogP contribution in [-0.2, 0) is 9.47 Å². The number of likely N-dealkylation sites (tertiary alicyclic amines) is 1. The molecule has 2 aliphatic heterocycles. The molecule has 1 amide bonds. The summed E-state index contributed by atoms with van der Waals surface area (Å²) in [5, 5.41) is 0. The van der Waals surface area contributed by atoms with Gasteiger partial charge in [-0.3, -0.25) is 4.79 Å². The van der Waals surface area contributed by atoms with E-state index >= 15 is 0 Å². The molecule has 0 radical (unpaired) electrons. The van der Waals surface area contributed by atoms with Gasteiger partial charge in [0.25, 0.3) is 5.91 Å². The fourth-order valence-corrected chi connectivity index (χ4v) is 3.14. The van der Waals surface area contributed by atoms with Gasteiger partial charge in [-0.25, -0.2) is 0 Å². The SMILES string of the molecule is COc1cc(OC)cc(C(=O)N2CCC(C3OCCO3)CC2)c1. The zero-order valence-corrected chi connectivity index (χ0v) is 13.6. The summed E-state index contributed by atoms with van der Waals surface area (Å²) in [5.74, 6) is 1.63. The molecule has 0 atom stereocenters. The first-order valence-electron chi connectivity index (χ1n) is 7.97. The van der Waals surface area contributed by atoms with Crippen molar-refractivity contribution in [1.82, 2.24) is 4.90 Å². The van der Waals surface area contributed by atoms with E-state index in [0.717, 1.165) is 12.8 Å². The molecular weight excluding hydrogens is 298 g/mol.